The summed E-state index contributed by atoms with van der Waals surface area (Å²) >= 11 is 0. The molecule has 3 rings (SSSR count). The first kappa shape index (κ1) is 15.2. The van der Waals surface area contributed by atoms with E-state index in [0.29, 0.717) is 22.4 Å². The summed E-state index contributed by atoms with van der Waals surface area (Å²) in [5.41, 5.74) is 6.42. The molecule has 1 aromatic carbocycles. The van der Waals surface area contributed by atoms with Crippen molar-refractivity contribution in [3.05, 3.63) is 68.1 Å². The molecule has 0 unspecified atom stereocenters. The fraction of sp³-hybridized carbons (Fsp3) is 0.0625. The lowest BCUT2D eigenvalue weighted by atomic mass is 10.1. The van der Waals surface area contributed by atoms with Gasteiger partial charge in [0, 0.05) is 23.2 Å². The van der Waals surface area contributed by atoms with Crippen LogP contribution in [0.5, 0.6) is 0 Å². The minimum Gasteiger partial charge on any atom is -0.397 e. The van der Waals surface area contributed by atoms with E-state index in [-0.39, 0.29) is 16.9 Å². The summed E-state index contributed by atoms with van der Waals surface area (Å²) in [7, 11) is 0. The third kappa shape index (κ3) is 2.24. The standard InChI is InChI=1S/C16H11N5O3/c1-9-2-7-12-14(18)13(8-17)16(22)20(15(12)19-9)10-3-5-11(6-4-10)21(23)24/h2-7H,18H2,1H3. The van der Waals surface area contributed by atoms with Gasteiger partial charge in [0.05, 0.1) is 16.3 Å². The monoisotopic (exact) mass is 321 g/mol. The second-order valence-electron chi connectivity index (χ2n) is 5.14. The molecule has 0 aliphatic carbocycles. The highest BCUT2D eigenvalue weighted by molar-refractivity contribution is 5.91. The minimum atomic E-state index is -0.616. The highest BCUT2D eigenvalue weighted by Gasteiger charge is 2.17. The molecule has 3 aromatic rings. The Morgan fingerprint density at radius 3 is 2.50 bits per heavy atom. The maximum absolute atomic E-state index is 12.7. The summed E-state index contributed by atoms with van der Waals surface area (Å²) < 4.78 is 1.24. The molecule has 0 saturated heterocycles. The highest BCUT2D eigenvalue weighted by Crippen LogP contribution is 2.24. The van der Waals surface area contributed by atoms with Crippen molar-refractivity contribution in [1.82, 2.24) is 9.55 Å². The molecule has 0 amide bonds. The van der Waals surface area contributed by atoms with Crippen molar-refractivity contribution in [3.63, 3.8) is 0 Å². The number of non-ortho nitro benzene ring substituents is 1. The van der Waals surface area contributed by atoms with E-state index < -0.39 is 10.5 Å². The molecule has 118 valence electrons. The van der Waals surface area contributed by atoms with Crippen molar-refractivity contribution >= 4 is 22.4 Å². The Bertz CT molecular complexity index is 1080. The van der Waals surface area contributed by atoms with Gasteiger partial charge in [-0.05, 0) is 31.2 Å². The molecule has 2 N–H and O–H groups in total. The number of nitro groups is 1. The molecule has 2 heterocycles. The SMILES string of the molecule is Cc1ccc2c(N)c(C#N)c(=O)n(-c3ccc([N+](=O)[O-])cc3)c2n1. The molecule has 24 heavy (non-hydrogen) atoms. The first-order valence-corrected chi connectivity index (χ1v) is 6.91. The summed E-state index contributed by atoms with van der Waals surface area (Å²) in [6, 6.07) is 10.7. The van der Waals surface area contributed by atoms with Gasteiger partial charge in [0.25, 0.3) is 11.2 Å². The predicted molar refractivity (Wildman–Crippen MR) is 87.9 cm³/mol. The van der Waals surface area contributed by atoms with Crippen LogP contribution in [0, 0.1) is 28.4 Å². The highest BCUT2D eigenvalue weighted by atomic mass is 16.6. The van der Waals surface area contributed by atoms with Crippen LogP contribution < -0.4 is 11.3 Å². The summed E-state index contributed by atoms with van der Waals surface area (Å²) in [6.07, 6.45) is 0. The summed E-state index contributed by atoms with van der Waals surface area (Å²) in [5.74, 6) is 0. The lowest BCUT2D eigenvalue weighted by Crippen LogP contribution is -2.24. The Labute approximate surface area is 135 Å². The predicted octanol–water partition coefficient (Wildman–Crippen LogP) is 2.06. The van der Waals surface area contributed by atoms with Crippen LogP contribution >= 0.6 is 0 Å². The number of nitrogens with two attached hydrogens (primary N) is 1. The lowest BCUT2D eigenvalue weighted by molar-refractivity contribution is -0.384. The van der Waals surface area contributed by atoms with E-state index in [0.717, 1.165) is 0 Å². The van der Waals surface area contributed by atoms with Crippen LogP contribution in [0.15, 0.2) is 41.2 Å². The summed E-state index contributed by atoms with van der Waals surface area (Å²) in [4.78, 5) is 27.3. The van der Waals surface area contributed by atoms with E-state index in [9.17, 15) is 20.2 Å². The lowest BCUT2D eigenvalue weighted by Gasteiger charge is -2.13. The number of nitrogen functional groups attached to an aromatic ring is 1. The van der Waals surface area contributed by atoms with E-state index in [1.54, 1.807) is 19.1 Å². The number of hydrogen-bond acceptors (Lipinski definition) is 6. The van der Waals surface area contributed by atoms with Crippen molar-refractivity contribution in [2.75, 3.05) is 5.73 Å². The Kier molecular flexibility index (Phi) is 3.46. The van der Waals surface area contributed by atoms with Crippen molar-refractivity contribution in [2.45, 2.75) is 6.92 Å². The molecule has 0 aliphatic heterocycles. The molecule has 0 fully saturated rings. The number of nitriles is 1. The molecule has 0 bridgehead atoms. The van der Waals surface area contributed by atoms with Crippen LogP contribution in [0.1, 0.15) is 11.3 Å². The molecule has 0 saturated carbocycles. The zero-order valence-corrected chi connectivity index (χ0v) is 12.6. The summed E-state index contributed by atoms with van der Waals surface area (Å²) in [5, 5.41) is 20.5. The van der Waals surface area contributed by atoms with Gasteiger partial charge in [-0.25, -0.2) is 4.98 Å². The third-order valence-corrected chi connectivity index (χ3v) is 3.63. The number of rotatable bonds is 2. The van der Waals surface area contributed by atoms with Gasteiger partial charge < -0.3 is 5.73 Å². The Morgan fingerprint density at radius 1 is 1.25 bits per heavy atom. The number of benzene rings is 1. The largest absolute Gasteiger partial charge is 0.397 e. The van der Waals surface area contributed by atoms with E-state index in [1.165, 1.54) is 28.8 Å². The molecular weight excluding hydrogens is 310 g/mol. The normalized spacial score (nSPS) is 10.5. The van der Waals surface area contributed by atoms with Gasteiger partial charge in [0.2, 0.25) is 0 Å². The Hall–Kier alpha value is -3.73. The number of fused-ring (bicyclic) bond motifs is 1. The fourth-order valence-electron chi connectivity index (χ4n) is 2.45. The van der Waals surface area contributed by atoms with Gasteiger partial charge in [-0.15, -0.1) is 0 Å². The molecule has 0 aliphatic rings. The minimum absolute atomic E-state index is 0.0724. The van der Waals surface area contributed by atoms with Crippen LogP contribution in [-0.4, -0.2) is 14.5 Å². The van der Waals surface area contributed by atoms with Crippen LogP contribution in [0.2, 0.25) is 0 Å². The van der Waals surface area contributed by atoms with E-state index in [2.05, 4.69) is 4.98 Å². The first-order valence-electron chi connectivity index (χ1n) is 6.91. The van der Waals surface area contributed by atoms with Crippen LogP contribution in [0.3, 0.4) is 0 Å². The van der Waals surface area contributed by atoms with Gasteiger partial charge in [-0.3, -0.25) is 19.5 Å². The average Bonchev–Trinajstić information content (AvgIpc) is 2.55. The van der Waals surface area contributed by atoms with Crippen molar-refractivity contribution in [3.8, 4) is 11.8 Å². The fourth-order valence-corrected chi connectivity index (χ4v) is 2.45. The quantitative estimate of drug-likeness (QED) is 0.568. The second-order valence-corrected chi connectivity index (χ2v) is 5.14. The van der Waals surface area contributed by atoms with Gasteiger partial charge in [-0.2, -0.15) is 5.26 Å². The van der Waals surface area contributed by atoms with Crippen LogP contribution in [0.4, 0.5) is 11.4 Å². The van der Waals surface area contributed by atoms with Crippen molar-refractivity contribution < 1.29 is 4.92 Å². The maximum atomic E-state index is 12.7. The topological polar surface area (TPSA) is 128 Å². The van der Waals surface area contributed by atoms with E-state index >= 15 is 0 Å². The van der Waals surface area contributed by atoms with Crippen LogP contribution in [0.25, 0.3) is 16.7 Å². The molecule has 0 atom stereocenters. The first-order chi connectivity index (χ1) is 11.4. The molecule has 2 aromatic heterocycles. The maximum Gasteiger partial charge on any atom is 0.276 e. The van der Waals surface area contributed by atoms with E-state index in [1.807, 2.05) is 6.07 Å². The van der Waals surface area contributed by atoms with Gasteiger partial charge in [-0.1, -0.05) is 0 Å². The number of nitrogens with zero attached hydrogens (tertiary/aromatic N) is 4. The Morgan fingerprint density at radius 2 is 1.92 bits per heavy atom. The molecule has 8 heteroatoms. The zero-order valence-electron chi connectivity index (χ0n) is 12.6. The molecule has 8 nitrogen and oxygen atoms in total. The van der Waals surface area contributed by atoms with Crippen molar-refractivity contribution in [2.24, 2.45) is 0 Å². The van der Waals surface area contributed by atoms with Gasteiger partial charge in [0.15, 0.2) is 0 Å². The molecular formula is C16H11N5O3. The number of aryl methyl sites for hydroxylation is 1. The number of nitro benzene ring substituents is 1. The van der Waals surface area contributed by atoms with Crippen molar-refractivity contribution in [1.29, 1.82) is 5.26 Å². The van der Waals surface area contributed by atoms with E-state index in [4.69, 9.17) is 5.73 Å². The number of pyridine rings is 2. The molecule has 0 spiro atoms. The zero-order chi connectivity index (χ0) is 17.4. The number of hydrogen-bond donors (Lipinski definition) is 1. The molecule has 0 radical (unpaired) electrons. The van der Waals surface area contributed by atoms with Gasteiger partial charge in [0.1, 0.15) is 17.3 Å². The Balaban J connectivity index is 2.42. The number of aromatic nitrogens is 2. The summed E-state index contributed by atoms with van der Waals surface area (Å²) in [6.45, 7) is 1.76. The number of anilines is 1. The smallest absolute Gasteiger partial charge is 0.276 e. The second kappa shape index (κ2) is 5.48. The average molecular weight is 321 g/mol. The third-order valence-electron chi connectivity index (χ3n) is 3.63. The van der Waals surface area contributed by atoms with Gasteiger partial charge >= 0.3 is 0 Å². The van der Waals surface area contributed by atoms with Crippen LogP contribution in [-0.2, 0) is 0 Å².